The summed E-state index contributed by atoms with van der Waals surface area (Å²) in [5.41, 5.74) is 1.48. The van der Waals surface area contributed by atoms with Gasteiger partial charge < -0.3 is 23.7 Å². The Bertz CT molecular complexity index is 1250. The second kappa shape index (κ2) is 9.97. The number of Topliss-reactive ketones (excluding diaryl/α,β-unsaturated/α-hetero) is 1. The highest BCUT2D eigenvalue weighted by Crippen LogP contribution is 2.44. The number of hydrogen-bond donors (Lipinski definition) is 1. The third kappa shape index (κ3) is 4.47. The molecule has 0 radical (unpaired) electrons. The molecular formula is C27H27NO7. The molecule has 0 bridgehead atoms. The maximum atomic E-state index is 13.3. The number of benzene rings is 2. The number of ether oxygens (including phenoxy) is 3. The smallest absolute Gasteiger partial charge is 0.300 e. The standard InChI is InChI=1S/C27H27NO7/c1-5-10-34-21-9-8-17(12-16(21)2)25(29)23-24(22-7-6-11-35-22)28(27(31)26(23)30)18-13-19(32-3)15-20(14-18)33-4/h6-9,11-15,24,29H,5,10H2,1-4H3/b25-23-. The van der Waals surface area contributed by atoms with Crippen LogP contribution in [0.2, 0.25) is 0 Å². The number of furan rings is 1. The largest absolute Gasteiger partial charge is 0.507 e. The first-order valence-corrected chi connectivity index (χ1v) is 11.2. The van der Waals surface area contributed by atoms with E-state index in [-0.39, 0.29) is 11.3 Å². The summed E-state index contributed by atoms with van der Waals surface area (Å²) in [7, 11) is 2.99. The van der Waals surface area contributed by atoms with Crippen molar-refractivity contribution in [3.8, 4) is 17.2 Å². The van der Waals surface area contributed by atoms with Gasteiger partial charge >= 0.3 is 0 Å². The highest BCUT2D eigenvalue weighted by molar-refractivity contribution is 6.51. The predicted molar refractivity (Wildman–Crippen MR) is 130 cm³/mol. The molecule has 3 aromatic rings. The summed E-state index contributed by atoms with van der Waals surface area (Å²) in [6.07, 6.45) is 2.31. The Hall–Kier alpha value is -4.20. The number of amides is 1. The van der Waals surface area contributed by atoms with Crippen LogP contribution in [-0.2, 0) is 9.59 Å². The van der Waals surface area contributed by atoms with Crippen molar-refractivity contribution in [1.82, 2.24) is 0 Å². The molecule has 1 aromatic heterocycles. The molecule has 0 aliphatic carbocycles. The molecule has 1 saturated heterocycles. The van der Waals surface area contributed by atoms with Gasteiger partial charge in [0.05, 0.1) is 38.4 Å². The second-order valence-corrected chi connectivity index (χ2v) is 8.08. The molecule has 1 unspecified atom stereocenters. The van der Waals surface area contributed by atoms with Gasteiger partial charge in [0.2, 0.25) is 0 Å². The van der Waals surface area contributed by atoms with Gasteiger partial charge in [0.1, 0.15) is 34.8 Å². The zero-order chi connectivity index (χ0) is 25.1. The summed E-state index contributed by atoms with van der Waals surface area (Å²) in [6.45, 7) is 4.44. The van der Waals surface area contributed by atoms with Crippen LogP contribution in [0, 0.1) is 6.92 Å². The van der Waals surface area contributed by atoms with Crippen molar-refractivity contribution >= 4 is 23.1 Å². The van der Waals surface area contributed by atoms with Gasteiger partial charge in [-0.15, -0.1) is 0 Å². The van der Waals surface area contributed by atoms with E-state index in [2.05, 4.69) is 0 Å². The van der Waals surface area contributed by atoms with Crippen LogP contribution in [0.3, 0.4) is 0 Å². The van der Waals surface area contributed by atoms with E-state index in [0.29, 0.717) is 40.9 Å². The fraction of sp³-hybridized carbons (Fsp3) is 0.259. The summed E-state index contributed by atoms with van der Waals surface area (Å²) >= 11 is 0. The number of carbonyl (C=O) groups is 2. The number of anilines is 1. The molecule has 1 fully saturated rings. The number of hydrogen-bond acceptors (Lipinski definition) is 7. The highest BCUT2D eigenvalue weighted by Gasteiger charge is 2.48. The number of aryl methyl sites for hydroxylation is 1. The molecule has 0 saturated carbocycles. The minimum absolute atomic E-state index is 0.0756. The van der Waals surface area contributed by atoms with Gasteiger partial charge in [-0.2, -0.15) is 0 Å². The number of rotatable bonds is 8. The number of carbonyl (C=O) groups excluding carboxylic acids is 2. The van der Waals surface area contributed by atoms with E-state index in [1.807, 2.05) is 13.8 Å². The molecule has 35 heavy (non-hydrogen) atoms. The van der Waals surface area contributed by atoms with E-state index in [1.165, 1.54) is 25.4 Å². The molecule has 8 heteroatoms. The molecule has 1 amide bonds. The maximum absolute atomic E-state index is 13.3. The Kier molecular flexibility index (Phi) is 6.82. The number of nitrogens with zero attached hydrogens (tertiary/aromatic N) is 1. The summed E-state index contributed by atoms with van der Waals surface area (Å²) in [5.74, 6) is -0.0256. The van der Waals surface area contributed by atoms with Crippen molar-refractivity contribution in [3.63, 3.8) is 0 Å². The molecule has 1 atom stereocenters. The van der Waals surface area contributed by atoms with Crippen molar-refractivity contribution in [1.29, 1.82) is 0 Å². The van der Waals surface area contributed by atoms with Crippen molar-refractivity contribution in [2.24, 2.45) is 0 Å². The summed E-state index contributed by atoms with van der Waals surface area (Å²) < 4.78 is 22.0. The maximum Gasteiger partial charge on any atom is 0.300 e. The zero-order valence-corrected chi connectivity index (χ0v) is 20.0. The molecule has 1 aliphatic heterocycles. The summed E-state index contributed by atoms with van der Waals surface area (Å²) in [5, 5.41) is 11.3. The topological polar surface area (TPSA) is 98.4 Å². The van der Waals surface area contributed by atoms with E-state index in [0.717, 1.165) is 12.0 Å². The molecule has 2 aromatic carbocycles. The lowest BCUT2D eigenvalue weighted by molar-refractivity contribution is -0.132. The quantitative estimate of drug-likeness (QED) is 0.276. The minimum atomic E-state index is -0.988. The van der Waals surface area contributed by atoms with Crippen LogP contribution in [0.15, 0.2) is 64.8 Å². The Morgan fingerprint density at radius 2 is 1.77 bits per heavy atom. The van der Waals surface area contributed by atoms with E-state index < -0.39 is 17.7 Å². The van der Waals surface area contributed by atoms with Crippen LogP contribution in [-0.4, -0.2) is 37.6 Å². The van der Waals surface area contributed by atoms with Gasteiger partial charge in [-0.1, -0.05) is 6.92 Å². The average molecular weight is 478 g/mol. The third-order valence-corrected chi connectivity index (χ3v) is 5.78. The Morgan fingerprint density at radius 3 is 2.34 bits per heavy atom. The summed E-state index contributed by atoms with van der Waals surface area (Å²) in [4.78, 5) is 27.8. The Balaban J connectivity index is 1.86. The predicted octanol–water partition coefficient (Wildman–Crippen LogP) is 5.02. The first kappa shape index (κ1) is 23.9. The van der Waals surface area contributed by atoms with Crippen LogP contribution in [0.5, 0.6) is 17.2 Å². The van der Waals surface area contributed by atoms with Crippen LogP contribution >= 0.6 is 0 Å². The second-order valence-electron chi connectivity index (χ2n) is 8.08. The SMILES string of the molecule is CCCOc1ccc(/C(O)=C2/C(=O)C(=O)N(c3cc(OC)cc(OC)c3)C2c2ccco2)cc1C. The number of aliphatic hydroxyl groups excluding tert-OH is 1. The van der Waals surface area contributed by atoms with Crippen molar-refractivity contribution in [2.45, 2.75) is 26.3 Å². The summed E-state index contributed by atoms with van der Waals surface area (Å²) in [6, 6.07) is 12.3. The highest BCUT2D eigenvalue weighted by atomic mass is 16.5. The van der Waals surface area contributed by atoms with E-state index >= 15 is 0 Å². The normalized spacial score (nSPS) is 17.0. The van der Waals surface area contributed by atoms with Gasteiger partial charge in [-0.25, -0.2) is 0 Å². The van der Waals surface area contributed by atoms with Crippen LogP contribution in [0.4, 0.5) is 5.69 Å². The molecule has 1 aliphatic rings. The monoisotopic (exact) mass is 477 g/mol. The van der Waals surface area contributed by atoms with Crippen LogP contribution in [0.1, 0.15) is 36.3 Å². The molecule has 4 rings (SSSR count). The number of ketones is 1. The van der Waals surface area contributed by atoms with E-state index in [9.17, 15) is 14.7 Å². The van der Waals surface area contributed by atoms with Crippen LogP contribution in [0.25, 0.3) is 5.76 Å². The first-order valence-electron chi connectivity index (χ1n) is 11.2. The van der Waals surface area contributed by atoms with Crippen molar-refractivity contribution in [3.05, 3.63) is 77.3 Å². The van der Waals surface area contributed by atoms with Gasteiger partial charge in [-0.3, -0.25) is 14.5 Å². The molecular weight excluding hydrogens is 450 g/mol. The molecule has 2 heterocycles. The minimum Gasteiger partial charge on any atom is -0.507 e. The zero-order valence-electron chi connectivity index (χ0n) is 20.0. The third-order valence-electron chi connectivity index (χ3n) is 5.78. The van der Waals surface area contributed by atoms with E-state index in [4.69, 9.17) is 18.6 Å². The van der Waals surface area contributed by atoms with Gasteiger partial charge in [-0.05, 0) is 49.2 Å². The first-order chi connectivity index (χ1) is 16.9. The lowest BCUT2D eigenvalue weighted by atomic mass is 9.98. The molecule has 0 spiro atoms. The number of methoxy groups -OCH3 is 2. The van der Waals surface area contributed by atoms with Crippen LogP contribution < -0.4 is 19.1 Å². The lowest BCUT2D eigenvalue weighted by Crippen LogP contribution is -2.29. The van der Waals surface area contributed by atoms with E-state index in [1.54, 1.807) is 48.5 Å². The molecule has 1 N–H and O–H groups in total. The molecule has 8 nitrogen and oxygen atoms in total. The van der Waals surface area contributed by atoms with Crippen molar-refractivity contribution in [2.75, 3.05) is 25.7 Å². The Morgan fingerprint density at radius 1 is 1.06 bits per heavy atom. The van der Waals surface area contributed by atoms with Crippen molar-refractivity contribution < 1.29 is 33.3 Å². The fourth-order valence-electron chi connectivity index (χ4n) is 4.07. The Labute approximate surface area is 203 Å². The lowest BCUT2D eigenvalue weighted by Gasteiger charge is -2.24. The molecule has 182 valence electrons. The van der Waals surface area contributed by atoms with Gasteiger partial charge in [0.25, 0.3) is 11.7 Å². The van der Waals surface area contributed by atoms with Gasteiger partial charge in [0.15, 0.2) is 0 Å². The fourth-order valence-corrected chi connectivity index (χ4v) is 4.07. The average Bonchev–Trinajstić information content (AvgIpc) is 3.49. The number of aliphatic hydroxyl groups is 1. The van der Waals surface area contributed by atoms with Gasteiger partial charge in [0, 0.05) is 23.8 Å².